The molecule has 0 saturated carbocycles. The first kappa shape index (κ1) is 12.6. The van der Waals surface area contributed by atoms with Crippen LogP contribution in [-0.2, 0) is 4.74 Å². The van der Waals surface area contributed by atoms with Gasteiger partial charge in [0.25, 0.3) is 0 Å². The van der Waals surface area contributed by atoms with E-state index < -0.39 is 12.8 Å². The number of hydrogen-bond donors (Lipinski definition) is 2. The van der Waals surface area contributed by atoms with E-state index in [9.17, 15) is 13.2 Å². The van der Waals surface area contributed by atoms with E-state index in [0.29, 0.717) is 11.5 Å². The van der Waals surface area contributed by atoms with E-state index >= 15 is 0 Å². The molecule has 0 atom stereocenters. The smallest absolute Gasteiger partial charge is 0.399 e. The Morgan fingerprint density at radius 1 is 1.44 bits per heavy atom. The van der Waals surface area contributed by atoms with Gasteiger partial charge in [-0.2, -0.15) is 13.2 Å². The van der Waals surface area contributed by atoms with E-state index in [4.69, 9.17) is 5.73 Å². The van der Waals surface area contributed by atoms with Crippen LogP contribution < -0.4 is 11.1 Å². The van der Waals surface area contributed by atoms with Crippen LogP contribution >= 0.6 is 0 Å². The first-order valence-corrected chi connectivity index (χ1v) is 4.57. The molecule has 7 heteroatoms. The average molecular weight is 235 g/mol. The number of ether oxygens (including phenoxy) is 1. The van der Waals surface area contributed by atoms with Crippen LogP contribution in [0.4, 0.5) is 24.7 Å². The van der Waals surface area contributed by atoms with Crippen molar-refractivity contribution in [3.05, 3.63) is 18.3 Å². The molecule has 0 spiro atoms. The molecule has 0 saturated heterocycles. The Bertz CT molecular complexity index is 330. The Morgan fingerprint density at radius 2 is 2.19 bits per heavy atom. The molecular weight excluding hydrogens is 223 g/mol. The number of alkyl halides is 3. The molecule has 1 rings (SSSR count). The predicted molar refractivity (Wildman–Crippen MR) is 54.0 cm³/mol. The number of nitrogens with one attached hydrogen (secondary N) is 1. The summed E-state index contributed by atoms with van der Waals surface area (Å²) in [7, 11) is 0. The van der Waals surface area contributed by atoms with Gasteiger partial charge in [-0.05, 0) is 6.07 Å². The summed E-state index contributed by atoms with van der Waals surface area (Å²) in [5.74, 6) is 0.510. The zero-order valence-electron chi connectivity index (χ0n) is 8.42. The number of anilines is 2. The van der Waals surface area contributed by atoms with E-state index in [1.807, 2.05) is 0 Å². The van der Waals surface area contributed by atoms with Gasteiger partial charge in [-0.15, -0.1) is 0 Å². The molecule has 1 aromatic rings. The highest BCUT2D eigenvalue weighted by molar-refractivity contribution is 5.48. The molecule has 0 bridgehead atoms. The van der Waals surface area contributed by atoms with E-state index in [2.05, 4.69) is 15.0 Å². The number of nitrogen functional groups attached to an aromatic ring is 1. The largest absolute Gasteiger partial charge is 0.411 e. The maximum atomic E-state index is 11.7. The monoisotopic (exact) mass is 235 g/mol. The van der Waals surface area contributed by atoms with Gasteiger partial charge in [-0.1, -0.05) is 0 Å². The fourth-order valence-corrected chi connectivity index (χ4v) is 0.983. The highest BCUT2D eigenvalue weighted by atomic mass is 19.4. The second-order valence-electron chi connectivity index (χ2n) is 3.07. The van der Waals surface area contributed by atoms with Crippen molar-refractivity contribution in [2.45, 2.75) is 6.18 Å². The summed E-state index contributed by atoms with van der Waals surface area (Å²) in [6.45, 7) is -1.04. The lowest BCUT2D eigenvalue weighted by Gasteiger charge is -2.08. The highest BCUT2D eigenvalue weighted by Gasteiger charge is 2.27. The van der Waals surface area contributed by atoms with Crippen LogP contribution in [0.1, 0.15) is 0 Å². The van der Waals surface area contributed by atoms with Crippen molar-refractivity contribution in [3.8, 4) is 0 Å². The summed E-state index contributed by atoms with van der Waals surface area (Å²) in [5, 5.41) is 2.79. The lowest BCUT2D eigenvalue weighted by atomic mass is 10.4. The van der Waals surface area contributed by atoms with Crippen molar-refractivity contribution in [3.63, 3.8) is 0 Å². The van der Waals surface area contributed by atoms with Crippen molar-refractivity contribution >= 4 is 11.5 Å². The number of halogens is 3. The van der Waals surface area contributed by atoms with Crippen LogP contribution in [0.3, 0.4) is 0 Å². The van der Waals surface area contributed by atoms with Gasteiger partial charge in [0, 0.05) is 24.5 Å². The van der Waals surface area contributed by atoms with Crippen molar-refractivity contribution in [1.82, 2.24) is 4.98 Å². The minimum Gasteiger partial charge on any atom is -0.399 e. The first-order valence-electron chi connectivity index (χ1n) is 4.57. The molecular formula is C9H12F3N3O. The maximum absolute atomic E-state index is 11.7. The molecule has 0 aliphatic heterocycles. The topological polar surface area (TPSA) is 60.2 Å². The van der Waals surface area contributed by atoms with Gasteiger partial charge in [0.1, 0.15) is 12.4 Å². The molecule has 0 fully saturated rings. The normalized spacial score (nSPS) is 11.4. The quantitative estimate of drug-likeness (QED) is 0.762. The third-order valence-electron chi connectivity index (χ3n) is 1.60. The van der Waals surface area contributed by atoms with Crippen LogP contribution in [0.2, 0.25) is 0 Å². The predicted octanol–water partition coefficient (Wildman–Crippen LogP) is 1.65. The second-order valence-corrected chi connectivity index (χ2v) is 3.07. The van der Waals surface area contributed by atoms with Crippen LogP contribution in [0, 0.1) is 0 Å². The molecule has 0 amide bonds. The van der Waals surface area contributed by atoms with E-state index in [-0.39, 0.29) is 13.2 Å². The second kappa shape index (κ2) is 5.55. The molecule has 4 nitrogen and oxygen atoms in total. The van der Waals surface area contributed by atoms with E-state index in [1.54, 1.807) is 12.1 Å². The number of nitrogens with zero attached hydrogens (tertiary/aromatic N) is 1. The highest BCUT2D eigenvalue weighted by Crippen LogP contribution is 2.14. The maximum Gasteiger partial charge on any atom is 0.411 e. The third-order valence-corrected chi connectivity index (χ3v) is 1.60. The molecule has 0 aliphatic carbocycles. The number of nitrogens with two attached hydrogens (primary N) is 1. The summed E-state index contributed by atoms with van der Waals surface area (Å²) in [5.41, 5.74) is 6.02. The van der Waals surface area contributed by atoms with Gasteiger partial charge in [-0.25, -0.2) is 4.98 Å². The van der Waals surface area contributed by atoms with Crippen molar-refractivity contribution in [2.75, 3.05) is 30.8 Å². The zero-order valence-corrected chi connectivity index (χ0v) is 8.42. The summed E-state index contributed by atoms with van der Waals surface area (Å²) < 4.78 is 39.5. The standard InChI is InChI=1S/C9H12F3N3O/c10-9(11,12)6-16-4-3-15-8-5-7(13)1-2-14-8/h1-2,5H,3-4,6H2,(H3,13,14,15). The summed E-state index contributed by atoms with van der Waals surface area (Å²) in [4.78, 5) is 3.92. The van der Waals surface area contributed by atoms with Crippen LogP contribution in [0.25, 0.3) is 0 Å². The van der Waals surface area contributed by atoms with E-state index in [0.717, 1.165) is 0 Å². The molecule has 0 aliphatic rings. The summed E-state index contributed by atoms with van der Waals surface area (Å²) in [6, 6.07) is 3.20. The molecule has 0 radical (unpaired) electrons. The molecule has 0 aromatic carbocycles. The number of pyridine rings is 1. The lowest BCUT2D eigenvalue weighted by Crippen LogP contribution is -2.20. The van der Waals surface area contributed by atoms with Crippen LogP contribution in [0.5, 0.6) is 0 Å². The van der Waals surface area contributed by atoms with Crippen molar-refractivity contribution in [2.24, 2.45) is 0 Å². The Hall–Kier alpha value is -1.50. The van der Waals surface area contributed by atoms with Crippen LogP contribution in [0.15, 0.2) is 18.3 Å². The molecule has 90 valence electrons. The van der Waals surface area contributed by atoms with Gasteiger partial charge in [0.2, 0.25) is 0 Å². The fraction of sp³-hybridized carbons (Fsp3) is 0.444. The van der Waals surface area contributed by atoms with E-state index in [1.165, 1.54) is 6.20 Å². The Kier molecular flexibility index (Phi) is 4.36. The number of rotatable bonds is 5. The fourth-order valence-electron chi connectivity index (χ4n) is 0.983. The zero-order chi connectivity index (χ0) is 12.0. The lowest BCUT2D eigenvalue weighted by molar-refractivity contribution is -0.172. The number of aromatic nitrogens is 1. The molecule has 1 aromatic heterocycles. The SMILES string of the molecule is Nc1ccnc(NCCOCC(F)(F)F)c1. The van der Waals surface area contributed by atoms with Gasteiger partial charge < -0.3 is 15.8 Å². The Morgan fingerprint density at radius 3 is 2.81 bits per heavy atom. The Labute approximate surface area is 90.6 Å². The van der Waals surface area contributed by atoms with Gasteiger partial charge in [0.05, 0.1) is 6.61 Å². The van der Waals surface area contributed by atoms with Crippen LogP contribution in [-0.4, -0.2) is 30.9 Å². The van der Waals surface area contributed by atoms with Crippen molar-refractivity contribution < 1.29 is 17.9 Å². The minimum absolute atomic E-state index is 0.0456. The van der Waals surface area contributed by atoms with Gasteiger partial charge >= 0.3 is 6.18 Å². The molecule has 1 heterocycles. The van der Waals surface area contributed by atoms with Crippen molar-refractivity contribution in [1.29, 1.82) is 0 Å². The first-order chi connectivity index (χ1) is 7.47. The Balaban J connectivity index is 2.17. The molecule has 3 N–H and O–H groups in total. The van der Waals surface area contributed by atoms with Gasteiger partial charge in [-0.3, -0.25) is 0 Å². The minimum atomic E-state index is -4.28. The average Bonchev–Trinajstić information content (AvgIpc) is 2.15. The third kappa shape index (κ3) is 5.40. The molecule has 0 unspecified atom stereocenters. The summed E-state index contributed by atoms with van der Waals surface area (Å²) >= 11 is 0. The van der Waals surface area contributed by atoms with Gasteiger partial charge in [0.15, 0.2) is 0 Å². The number of hydrogen-bond acceptors (Lipinski definition) is 4. The molecule has 16 heavy (non-hydrogen) atoms. The summed E-state index contributed by atoms with van der Waals surface area (Å²) in [6.07, 6.45) is -2.77.